The van der Waals surface area contributed by atoms with Gasteiger partial charge >= 0.3 is 0 Å². The van der Waals surface area contributed by atoms with Crippen molar-refractivity contribution < 1.29 is 9.59 Å². The summed E-state index contributed by atoms with van der Waals surface area (Å²) in [4.78, 5) is 23.9. The first-order chi connectivity index (χ1) is 10.1. The van der Waals surface area contributed by atoms with Crippen LogP contribution in [0.2, 0.25) is 0 Å². The van der Waals surface area contributed by atoms with Gasteiger partial charge in [-0.1, -0.05) is 30.3 Å². The van der Waals surface area contributed by atoms with Crippen LogP contribution in [-0.2, 0) is 4.79 Å². The number of likely N-dealkylation sites (N-methyl/N-ethyl adjacent to an activating group) is 1. The Morgan fingerprint density at radius 1 is 1.29 bits per heavy atom. The quantitative estimate of drug-likeness (QED) is 0.775. The Hall–Kier alpha value is -2.63. The molecule has 1 atom stereocenters. The number of amides is 2. The van der Waals surface area contributed by atoms with Crippen molar-refractivity contribution in [1.29, 1.82) is 0 Å². The van der Waals surface area contributed by atoms with Gasteiger partial charge in [0, 0.05) is 12.1 Å². The minimum Gasteiger partial charge on any atom is -0.355 e. The first kappa shape index (κ1) is 14.8. The van der Waals surface area contributed by atoms with Crippen LogP contribution in [0.15, 0.2) is 36.5 Å². The Kier molecular flexibility index (Phi) is 4.71. The molecule has 21 heavy (non-hydrogen) atoms. The summed E-state index contributed by atoms with van der Waals surface area (Å²) in [5.41, 5.74) is 1.92. The first-order valence-corrected chi connectivity index (χ1v) is 6.80. The molecule has 6 heteroatoms. The predicted molar refractivity (Wildman–Crippen MR) is 79.6 cm³/mol. The summed E-state index contributed by atoms with van der Waals surface area (Å²) in [5.74, 6) is -0.544. The van der Waals surface area contributed by atoms with Gasteiger partial charge in [-0.2, -0.15) is 5.10 Å². The van der Waals surface area contributed by atoms with Crippen molar-refractivity contribution in [3.05, 3.63) is 42.1 Å². The molecule has 2 aromatic rings. The van der Waals surface area contributed by atoms with Crippen molar-refractivity contribution in [3.63, 3.8) is 0 Å². The van der Waals surface area contributed by atoms with Crippen LogP contribution in [0, 0.1) is 0 Å². The van der Waals surface area contributed by atoms with Crippen molar-refractivity contribution in [3.8, 4) is 11.3 Å². The van der Waals surface area contributed by atoms with Crippen molar-refractivity contribution in [1.82, 2.24) is 20.8 Å². The fourth-order valence-corrected chi connectivity index (χ4v) is 1.95. The fraction of sp³-hybridized carbons (Fsp3) is 0.267. The maximum absolute atomic E-state index is 12.3. The Morgan fingerprint density at radius 2 is 2.00 bits per heavy atom. The van der Waals surface area contributed by atoms with Crippen LogP contribution in [-0.4, -0.2) is 34.6 Å². The number of hydrogen-bond acceptors (Lipinski definition) is 3. The third-order valence-electron chi connectivity index (χ3n) is 3.04. The second kappa shape index (κ2) is 6.69. The molecule has 0 aliphatic rings. The highest BCUT2D eigenvalue weighted by Crippen LogP contribution is 2.20. The molecule has 0 aliphatic carbocycles. The molecular formula is C15H18N4O2. The Morgan fingerprint density at radius 3 is 2.67 bits per heavy atom. The standard InChI is InChI=1S/C15H18N4O2/c1-3-16-14(20)10(2)18-15(21)12-9-17-19-13(12)11-7-5-4-6-8-11/h4-10H,3H2,1-2H3,(H,16,20)(H,17,19)(H,18,21)/t10-/m0/s1. The number of aromatic nitrogens is 2. The molecule has 2 rings (SSSR count). The monoisotopic (exact) mass is 286 g/mol. The van der Waals surface area contributed by atoms with Crippen LogP contribution in [0.1, 0.15) is 24.2 Å². The topological polar surface area (TPSA) is 86.9 Å². The summed E-state index contributed by atoms with van der Waals surface area (Å²) >= 11 is 0. The molecule has 0 spiro atoms. The Bertz CT molecular complexity index is 622. The number of aromatic amines is 1. The molecule has 110 valence electrons. The van der Waals surface area contributed by atoms with Gasteiger partial charge in [-0.3, -0.25) is 14.7 Å². The fourth-order valence-electron chi connectivity index (χ4n) is 1.95. The number of carbonyl (C=O) groups excluding carboxylic acids is 2. The third kappa shape index (κ3) is 3.47. The lowest BCUT2D eigenvalue weighted by atomic mass is 10.1. The van der Waals surface area contributed by atoms with E-state index >= 15 is 0 Å². The van der Waals surface area contributed by atoms with Gasteiger partial charge in [0.05, 0.1) is 17.5 Å². The first-order valence-electron chi connectivity index (χ1n) is 6.80. The maximum Gasteiger partial charge on any atom is 0.255 e. The van der Waals surface area contributed by atoms with Gasteiger partial charge in [-0.05, 0) is 13.8 Å². The summed E-state index contributed by atoms with van der Waals surface area (Å²) in [5, 5.41) is 12.1. The zero-order chi connectivity index (χ0) is 15.2. The largest absolute Gasteiger partial charge is 0.355 e. The highest BCUT2D eigenvalue weighted by molar-refractivity contribution is 6.01. The molecule has 0 aliphatic heterocycles. The molecule has 0 saturated heterocycles. The van der Waals surface area contributed by atoms with Gasteiger partial charge in [0.25, 0.3) is 5.91 Å². The lowest BCUT2D eigenvalue weighted by Gasteiger charge is -2.13. The van der Waals surface area contributed by atoms with E-state index in [4.69, 9.17) is 0 Å². The number of benzene rings is 1. The summed E-state index contributed by atoms with van der Waals surface area (Å²) in [6, 6.07) is 8.84. The highest BCUT2D eigenvalue weighted by atomic mass is 16.2. The number of H-pyrrole nitrogens is 1. The lowest BCUT2D eigenvalue weighted by molar-refractivity contribution is -0.122. The third-order valence-corrected chi connectivity index (χ3v) is 3.04. The summed E-state index contributed by atoms with van der Waals surface area (Å²) in [7, 11) is 0. The van der Waals surface area contributed by atoms with Crippen molar-refractivity contribution in [2.24, 2.45) is 0 Å². The van der Waals surface area contributed by atoms with E-state index in [1.54, 1.807) is 6.92 Å². The van der Waals surface area contributed by atoms with Crippen molar-refractivity contribution >= 4 is 11.8 Å². The Labute approximate surface area is 122 Å². The minimum absolute atomic E-state index is 0.212. The van der Waals surface area contributed by atoms with E-state index in [0.717, 1.165) is 5.56 Å². The van der Waals surface area contributed by atoms with E-state index in [1.807, 2.05) is 37.3 Å². The van der Waals surface area contributed by atoms with E-state index in [9.17, 15) is 9.59 Å². The van der Waals surface area contributed by atoms with Gasteiger partial charge in [-0.15, -0.1) is 0 Å². The van der Waals surface area contributed by atoms with Gasteiger partial charge in [0.2, 0.25) is 5.91 Å². The SMILES string of the molecule is CCNC(=O)[C@H](C)NC(=O)c1cn[nH]c1-c1ccccc1. The molecule has 3 N–H and O–H groups in total. The van der Waals surface area contributed by atoms with E-state index in [1.165, 1.54) is 6.20 Å². The molecule has 1 aromatic heterocycles. The molecule has 0 radical (unpaired) electrons. The normalized spacial score (nSPS) is 11.7. The van der Waals surface area contributed by atoms with Crippen molar-refractivity contribution in [2.75, 3.05) is 6.54 Å². The second-order valence-electron chi connectivity index (χ2n) is 4.61. The van der Waals surface area contributed by atoms with E-state index in [0.29, 0.717) is 17.8 Å². The molecule has 0 unspecified atom stereocenters. The van der Waals surface area contributed by atoms with Crippen LogP contribution in [0.25, 0.3) is 11.3 Å². The average Bonchev–Trinajstić information content (AvgIpc) is 2.98. The predicted octanol–water partition coefficient (Wildman–Crippen LogP) is 1.33. The zero-order valence-electron chi connectivity index (χ0n) is 12.0. The van der Waals surface area contributed by atoms with E-state index in [2.05, 4.69) is 20.8 Å². The van der Waals surface area contributed by atoms with Gasteiger partial charge in [-0.25, -0.2) is 0 Å². The zero-order valence-corrected chi connectivity index (χ0v) is 12.0. The minimum atomic E-state index is -0.601. The molecule has 0 fully saturated rings. The Balaban J connectivity index is 2.14. The molecule has 1 aromatic carbocycles. The van der Waals surface area contributed by atoms with Crippen LogP contribution in [0.3, 0.4) is 0 Å². The molecular weight excluding hydrogens is 268 g/mol. The average molecular weight is 286 g/mol. The molecule has 0 bridgehead atoms. The summed E-state index contributed by atoms with van der Waals surface area (Å²) in [6.07, 6.45) is 1.46. The van der Waals surface area contributed by atoms with Crippen LogP contribution < -0.4 is 10.6 Å². The van der Waals surface area contributed by atoms with Crippen molar-refractivity contribution in [2.45, 2.75) is 19.9 Å². The van der Waals surface area contributed by atoms with Crippen LogP contribution >= 0.6 is 0 Å². The van der Waals surface area contributed by atoms with Crippen LogP contribution in [0.4, 0.5) is 0 Å². The van der Waals surface area contributed by atoms with Gasteiger partial charge < -0.3 is 10.6 Å². The lowest BCUT2D eigenvalue weighted by Crippen LogP contribution is -2.44. The molecule has 2 amide bonds. The number of carbonyl (C=O) groups is 2. The molecule has 1 heterocycles. The molecule has 0 saturated carbocycles. The number of rotatable bonds is 5. The van der Waals surface area contributed by atoms with Gasteiger partial charge in [0.1, 0.15) is 6.04 Å². The smallest absolute Gasteiger partial charge is 0.255 e. The van der Waals surface area contributed by atoms with Gasteiger partial charge in [0.15, 0.2) is 0 Å². The van der Waals surface area contributed by atoms with E-state index in [-0.39, 0.29) is 11.8 Å². The van der Waals surface area contributed by atoms with Crippen LogP contribution in [0.5, 0.6) is 0 Å². The highest BCUT2D eigenvalue weighted by Gasteiger charge is 2.19. The number of nitrogens with zero attached hydrogens (tertiary/aromatic N) is 1. The molecule has 6 nitrogen and oxygen atoms in total. The number of hydrogen-bond donors (Lipinski definition) is 3. The maximum atomic E-state index is 12.3. The summed E-state index contributed by atoms with van der Waals surface area (Å²) < 4.78 is 0. The summed E-state index contributed by atoms with van der Waals surface area (Å²) in [6.45, 7) is 4.00. The second-order valence-corrected chi connectivity index (χ2v) is 4.61. The van der Waals surface area contributed by atoms with E-state index < -0.39 is 6.04 Å². The number of nitrogens with one attached hydrogen (secondary N) is 3.